The minimum absolute atomic E-state index is 0.0352. The Morgan fingerprint density at radius 1 is 1.73 bits per heavy atom. The highest BCUT2D eigenvalue weighted by Crippen LogP contribution is 2.36. The lowest BCUT2D eigenvalue weighted by atomic mass is 10.1. The van der Waals surface area contributed by atoms with Gasteiger partial charge in [0.05, 0.1) is 12.2 Å². The first-order valence-corrected chi connectivity index (χ1v) is 4.11. The second-order valence-electron chi connectivity index (χ2n) is 3.13. The molecule has 0 saturated heterocycles. The van der Waals surface area contributed by atoms with Crippen molar-refractivity contribution < 1.29 is 9.84 Å². The summed E-state index contributed by atoms with van der Waals surface area (Å²) in [5, 5.41) is 9.52. The van der Waals surface area contributed by atoms with E-state index in [0.717, 1.165) is 0 Å². The van der Waals surface area contributed by atoms with E-state index in [2.05, 4.69) is 6.58 Å². The highest BCUT2D eigenvalue weighted by molar-refractivity contribution is 4.89. The topological polar surface area (TPSA) is 29.5 Å². The highest BCUT2D eigenvalue weighted by atomic mass is 16.5. The van der Waals surface area contributed by atoms with Crippen LogP contribution in [0.5, 0.6) is 0 Å². The van der Waals surface area contributed by atoms with Gasteiger partial charge in [-0.3, -0.25) is 0 Å². The van der Waals surface area contributed by atoms with Crippen molar-refractivity contribution in [1.29, 1.82) is 0 Å². The lowest BCUT2D eigenvalue weighted by molar-refractivity contribution is -0.0225. The van der Waals surface area contributed by atoms with Crippen molar-refractivity contribution in [3.63, 3.8) is 0 Å². The van der Waals surface area contributed by atoms with E-state index in [-0.39, 0.29) is 12.2 Å². The smallest absolute Gasteiger partial charge is 0.0861 e. The van der Waals surface area contributed by atoms with Crippen molar-refractivity contribution in [2.24, 2.45) is 5.92 Å². The predicted molar refractivity (Wildman–Crippen MR) is 44.3 cm³/mol. The molecule has 0 spiro atoms. The Morgan fingerprint density at radius 3 is 2.73 bits per heavy atom. The normalized spacial score (nSPS) is 22.7. The number of hydrogen-bond donors (Lipinski definition) is 1. The number of aliphatic hydroxyl groups excluding tert-OH is 1. The zero-order chi connectivity index (χ0) is 8.27. The molecule has 2 atom stereocenters. The summed E-state index contributed by atoms with van der Waals surface area (Å²) >= 11 is 0. The number of methoxy groups -OCH3 is 1. The summed E-state index contributed by atoms with van der Waals surface area (Å²) in [6.45, 7) is 3.58. The maximum Gasteiger partial charge on any atom is 0.0861 e. The van der Waals surface area contributed by atoms with Gasteiger partial charge < -0.3 is 9.84 Å². The van der Waals surface area contributed by atoms with Gasteiger partial charge >= 0.3 is 0 Å². The van der Waals surface area contributed by atoms with Gasteiger partial charge in [0.15, 0.2) is 0 Å². The molecule has 11 heavy (non-hydrogen) atoms. The molecule has 1 aliphatic carbocycles. The first-order chi connectivity index (χ1) is 5.29. The van der Waals surface area contributed by atoms with E-state index in [4.69, 9.17) is 4.74 Å². The fourth-order valence-electron chi connectivity index (χ4n) is 1.39. The van der Waals surface area contributed by atoms with Gasteiger partial charge in [-0.15, -0.1) is 6.58 Å². The summed E-state index contributed by atoms with van der Waals surface area (Å²) in [5.41, 5.74) is 0. The van der Waals surface area contributed by atoms with Crippen molar-refractivity contribution in [3.8, 4) is 0 Å². The van der Waals surface area contributed by atoms with Crippen LogP contribution in [0.4, 0.5) is 0 Å². The van der Waals surface area contributed by atoms with Crippen molar-refractivity contribution in [3.05, 3.63) is 12.7 Å². The monoisotopic (exact) mass is 156 g/mol. The third kappa shape index (κ3) is 2.31. The van der Waals surface area contributed by atoms with Crippen LogP contribution in [-0.2, 0) is 4.74 Å². The van der Waals surface area contributed by atoms with Crippen LogP contribution in [0.25, 0.3) is 0 Å². The molecule has 1 saturated carbocycles. The van der Waals surface area contributed by atoms with E-state index in [0.29, 0.717) is 12.3 Å². The highest BCUT2D eigenvalue weighted by Gasteiger charge is 2.35. The summed E-state index contributed by atoms with van der Waals surface area (Å²) in [5.74, 6) is 0.593. The maximum atomic E-state index is 9.52. The van der Waals surface area contributed by atoms with E-state index < -0.39 is 0 Å². The van der Waals surface area contributed by atoms with Crippen molar-refractivity contribution in [2.75, 3.05) is 7.11 Å². The third-order valence-corrected chi connectivity index (χ3v) is 2.15. The lowest BCUT2D eigenvalue weighted by Crippen LogP contribution is -2.29. The number of hydrogen-bond acceptors (Lipinski definition) is 2. The van der Waals surface area contributed by atoms with E-state index in [9.17, 15) is 5.11 Å². The minimum Gasteiger partial charge on any atom is -0.390 e. The van der Waals surface area contributed by atoms with Crippen LogP contribution in [0, 0.1) is 5.92 Å². The molecule has 0 aromatic heterocycles. The first-order valence-electron chi connectivity index (χ1n) is 4.11. The summed E-state index contributed by atoms with van der Waals surface area (Å²) in [7, 11) is 1.66. The van der Waals surface area contributed by atoms with Gasteiger partial charge in [0.1, 0.15) is 0 Å². The van der Waals surface area contributed by atoms with Gasteiger partial charge in [-0.1, -0.05) is 6.08 Å². The molecule has 1 aliphatic rings. The van der Waals surface area contributed by atoms with Gasteiger partial charge in [-0.05, 0) is 25.2 Å². The summed E-state index contributed by atoms with van der Waals surface area (Å²) in [6.07, 6.45) is 4.45. The number of rotatable bonds is 5. The minimum atomic E-state index is -0.356. The fraction of sp³-hybridized carbons (Fsp3) is 0.778. The average molecular weight is 156 g/mol. The molecule has 0 amide bonds. The van der Waals surface area contributed by atoms with Gasteiger partial charge in [-0.25, -0.2) is 0 Å². The Morgan fingerprint density at radius 2 is 2.36 bits per heavy atom. The number of ether oxygens (including phenoxy) is 1. The van der Waals surface area contributed by atoms with E-state index in [1.54, 1.807) is 13.2 Å². The average Bonchev–Trinajstić information content (AvgIpc) is 2.73. The molecule has 0 aromatic carbocycles. The van der Waals surface area contributed by atoms with Crippen LogP contribution in [0.15, 0.2) is 12.7 Å². The summed E-state index contributed by atoms with van der Waals surface area (Å²) < 4.78 is 5.19. The van der Waals surface area contributed by atoms with Crippen LogP contribution in [-0.4, -0.2) is 24.4 Å². The fourth-order valence-corrected chi connectivity index (χ4v) is 1.39. The molecule has 2 heteroatoms. The molecular weight excluding hydrogens is 140 g/mol. The summed E-state index contributed by atoms with van der Waals surface area (Å²) in [4.78, 5) is 0. The molecule has 0 aliphatic heterocycles. The van der Waals surface area contributed by atoms with Crippen LogP contribution in [0.3, 0.4) is 0 Å². The molecule has 2 unspecified atom stereocenters. The van der Waals surface area contributed by atoms with Crippen molar-refractivity contribution in [1.82, 2.24) is 0 Å². The third-order valence-electron chi connectivity index (χ3n) is 2.15. The van der Waals surface area contributed by atoms with Crippen molar-refractivity contribution in [2.45, 2.75) is 31.5 Å². The number of aliphatic hydroxyl groups is 1. The summed E-state index contributed by atoms with van der Waals surface area (Å²) in [6, 6.07) is 0. The molecule has 1 rings (SSSR count). The zero-order valence-electron chi connectivity index (χ0n) is 6.99. The van der Waals surface area contributed by atoms with Gasteiger partial charge in [0.2, 0.25) is 0 Å². The second kappa shape index (κ2) is 3.88. The molecule has 0 heterocycles. The quantitative estimate of drug-likeness (QED) is 0.609. The zero-order valence-corrected chi connectivity index (χ0v) is 6.99. The molecule has 0 radical (unpaired) electrons. The standard InChI is InChI=1S/C9H16O2/c1-3-4-8(10)9(11-2)7-5-6-7/h3,7-10H,1,4-6H2,2H3. The van der Waals surface area contributed by atoms with Crippen LogP contribution in [0.2, 0.25) is 0 Å². The lowest BCUT2D eigenvalue weighted by Gasteiger charge is -2.19. The molecule has 0 bridgehead atoms. The second-order valence-corrected chi connectivity index (χ2v) is 3.13. The molecular formula is C9H16O2. The SMILES string of the molecule is C=CCC(O)C(OC)C1CC1. The predicted octanol–water partition coefficient (Wildman–Crippen LogP) is 1.35. The Labute approximate surface area is 67.9 Å². The van der Waals surface area contributed by atoms with Gasteiger partial charge in [0, 0.05) is 7.11 Å². The molecule has 64 valence electrons. The maximum absolute atomic E-state index is 9.52. The van der Waals surface area contributed by atoms with Crippen LogP contribution >= 0.6 is 0 Å². The molecule has 1 N–H and O–H groups in total. The van der Waals surface area contributed by atoms with E-state index in [1.165, 1.54) is 12.8 Å². The Bertz CT molecular complexity index is 130. The largest absolute Gasteiger partial charge is 0.390 e. The van der Waals surface area contributed by atoms with Crippen LogP contribution in [0.1, 0.15) is 19.3 Å². The molecule has 1 fully saturated rings. The van der Waals surface area contributed by atoms with Gasteiger partial charge in [-0.2, -0.15) is 0 Å². The van der Waals surface area contributed by atoms with E-state index in [1.807, 2.05) is 0 Å². The Hall–Kier alpha value is -0.340. The van der Waals surface area contributed by atoms with Crippen LogP contribution < -0.4 is 0 Å². The van der Waals surface area contributed by atoms with E-state index >= 15 is 0 Å². The van der Waals surface area contributed by atoms with Crippen molar-refractivity contribution >= 4 is 0 Å². The molecule has 0 aromatic rings. The first kappa shape index (κ1) is 8.75. The molecule has 2 nitrogen and oxygen atoms in total. The van der Waals surface area contributed by atoms with Gasteiger partial charge in [0.25, 0.3) is 0 Å². The Balaban J connectivity index is 2.32. The Kier molecular flexibility index (Phi) is 3.09.